The summed E-state index contributed by atoms with van der Waals surface area (Å²) in [5, 5.41) is 0. The molecular formula is C16H26N2O4S. The van der Waals surface area contributed by atoms with Crippen LogP contribution in [0, 0.1) is 12.8 Å². The molecule has 1 fully saturated rings. The summed E-state index contributed by atoms with van der Waals surface area (Å²) in [5.41, 5.74) is 0.633. The van der Waals surface area contributed by atoms with Gasteiger partial charge in [0.25, 0.3) is 0 Å². The first kappa shape index (κ1) is 18.0. The summed E-state index contributed by atoms with van der Waals surface area (Å²) < 4.78 is 38.9. The van der Waals surface area contributed by atoms with Crippen molar-refractivity contribution in [1.82, 2.24) is 9.62 Å². The molecule has 0 aliphatic carbocycles. The highest BCUT2D eigenvalue weighted by Crippen LogP contribution is 2.32. The van der Waals surface area contributed by atoms with E-state index >= 15 is 0 Å². The van der Waals surface area contributed by atoms with E-state index in [2.05, 4.69) is 23.5 Å². The summed E-state index contributed by atoms with van der Waals surface area (Å²) >= 11 is 0. The van der Waals surface area contributed by atoms with Gasteiger partial charge in [-0.15, -0.1) is 0 Å². The van der Waals surface area contributed by atoms with E-state index in [-0.39, 0.29) is 16.9 Å². The quantitative estimate of drug-likeness (QED) is 0.851. The molecule has 1 saturated heterocycles. The molecule has 1 aliphatic rings. The van der Waals surface area contributed by atoms with Crippen LogP contribution in [0.15, 0.2) is 17.0 Å². The van der Waals surface area contributed by atoms with Gasteiger partial charge in [-0.3, -0.25) is 0 Å². The molecule has 0 amide bonds. The molecule has 130 valence electrons. The first-order valence-corrected chi connectivity index (χ1v) is 9.28. The number of sulfonamides is 1. The molecule has 1 aliphatic heterocycles. The Morgan fingerprint density at radius 1 is 1.22 bits per heavy atom. The minimum absolute atomic E-state index is 0.0764. The predicted octanol–water partition coefficient (Wildman–Crippen LogP) is 1.63. The first-order valence-electron chi connectivity index (χ1n) is 7.79. The van der Waals surface area contributed by atoms with Gasteiger partial charge in [0, 0.05) is 25.2 Å². The van der Waals surface area contributed by atoms with Crippen LogP contribution >= 0.6 is 0 Å². The van der Waals surface area contributed by atoms with Crippen LogP contribution in [0.5, 0.6) is 11.5 Å². The number of benzene rings is 1. The second kappa shape index (κ2) is 7.07. The Morgan fingerprint density at radius 3 is 2.35 bits per heavy atom. The fraction of sp³-hybridized carbons (Fsp3) is 0.625. The number of nitrogens with zero attached hydrogens (tertiary/aromatic N) is 1. The van der Waals surface area contributed by atoms with Crippen LogP contribution in [0.4, 0.5) is 0 Å². The minimum atomic E-state index is -3.61. The van der Waals surface area contributed by atoms with Crippen molar-refractivity contribution in [2.75, 3.05) is 33.9 Å². The number of methoxy groups -OCH3 is 2. The van der Waals surface area contributed by atoms with Gasteiger partial charge < -0.3 is 14.4 Å². The maximum Gasteiger partial charge on any atom is 0.241 e. The topological polar surface area (TPSA) is 67.9 Å². The standard InChI is InChI=1S/C16H26N2O4S/c1-6-18-9-12(3)13(10-18)17-23(19,20)16-8-15(22-5)14(21-4)7-11(16)2/h7-8,12-13,17H,6,9-10H2,1-5H3/t12-,13+/m0/s1. The normalized spacial score (nSPS) is 22.3. The molecule has 6 nitrogen and oxygen atoms in total. The van der Waals surface area contributed by atoms with Gasteiger partial charge in [-0.1, -0.05) is 13.8 Å². The van der Waals surface area contributed by atoms with Gasteiger partial charge >= 0.3 is 0 Å². The maximum absolute atomic E-state index is 12.8. The summed E-state index contributed by atoms with van der Waals surface area (Å²) in [5.74, 6) is 1.22. The smallest absolute Gasteiger partial charge is 0.241 e. The Hall–Kier alpha value is -1.31. The van der Waals surface area contributed by atoms with Gasteiger partial charge in [0.05, 0.1) is 19.1 Å². The highest BCUT2D eigenvalue weighted by atomic mass is 32.2. The molecule has 0 unspecified atom stereocenters. The second-order valence-electron chi connectivity index (χ2n) is 6.03. The number of hydrogen-bond donors (Lipinski definition) is 1. The van der Waals surface area contributed by atoms with E-state index in [0.29, 0.717) is 17.1 Å². The van der Waals surface area contributed by atoms with E-state index in [4.69, 9.17) is 9.47 Å². The van der Waals surface area contributed by atoms with E-state index in [0.717, 1.165) is 19.6 Å². The molecule has 2 atom stereocenters. The molecule has 0 bridgehead atoms. The Morgan fingerprint density at radius 2 is 1.83 bits per heavy atom. The molecule has 7 heteroatoms. The van der Waals surface area contributed by atoms with E-state index < -0.39 is 10.0 Å². The Kier molecular flexibility index (Phi) is 5.54. The van der Waals surface area contributed by atoms with Gasteiger partial charge in [0.1, 0.15) is 0 Å². The molecule has 0 saturated carbocycles. The van der Waals surface area contributed by atoms with Crippen LogP contribution < -0.4 is 14.2 Å². The van der Waals surface area contributed by atoms with Crippen LogP contribution in [0.3, 0.4) is 0 Å². The van der Waals surface area contributed by atoms with Crippen molar-refractivity contribution in [1.29, 1.82) is 0 Å². The number of nitrogens with one attached hydrogen (secondary N) is 1. The number of aryl methyl sites for hydroxylation is 1. The lowest BCUT2D eigenvalue weighted by Gasteiger charge is -2.19. The van der Waals surface area contributed by atoms with Crippen LogP contribution in [-0.2, 0) is 10.0 Å². The zero-order valence-electron chi connectivity index (χ0n) is 14.4. The van der Waals surface area contributed by atoms with E-state index in [1.165, 1.54) is 20.3 Å². The lowest BCUT2D eigenvalue weighted by molar-refractivity contribution is 0.344. The van der Waals surface area contributed by atoms with Gasteiger partial charge in [-0.2, -0.15) is 0 Å². The largest absolute Gasteiger partial charge is 0.493 e. The Balaban J connectivity index is 2.29. The van der Waals surface area contributed by atoms with Crippen molar-refractivity contribution in [3.63, 3.8) is 0 Å². The number of likely N-dealkylation sites (N-methyl/N-ethyl adjacent to an activating group) is 1. The molecule has 1 aromatic rings. The van der Waals surface area contributed by atoms with Gasteiger partial charge in [-0.25, -0.2) is 13.1 Å². The third-order valence-corrected chi connectivity index (χ3v) is 6.04. The molecule has 1 N–H and O–H groups in total. The van der Waals surface area contributed by atoms with E-state index in [1.54, 1.807) is 13.0 Å². The minimum Gasteiger partial charge on any atom is -0.493 e. The average Bonchev–Trinajstić information content (AvgIpc) is 2.86. The molecule has 23 heavy (non-hydrogen) atoms. The van der Waals surface area contributed by atoms with Crippen LogP contribution in [0.25, 0.3) is 0 Å². The summed E-state index contributed by atoms with van der Waals surface area (Å²) in [4.78, 5) is 2.48. The number of rotatable bonds is 6. The average molecular weight is 342 g/mol. The van der Waals surface area contributed by atoms with Crippen molar-refractivity contribution in [2.24, 2.45) is 5.92 Å². The predicted molar refractivity (Wildman–Crippen MR) is 89.7 cm³/mol. The van der Waals surface area contributed by atoms with Gasteiger partial charge in [0.2, 0.25) is 10.0 Å². The van der Waals surface area contributed by atoms with Crippen molar-refractivity contribution in [3.8, 4) is 11.5 Å². The molecule has 0 aromatic heterocycles. The summed E-state index contributed by atoms with van der Waals surface area (Å²) in [7, 11) is -0.582. The highest BCUT2D eigenvalue weighted by Gasteiger charge is 2.33. The van der Waals surface area contributed by atoms with Crippen molar-refractivity contribution >= 4 is 10.0 Å². The maximum atomic E-state index is 12.8. The molecule has 2 rings (SSSR count). The Bertz CT molecular complexity index is 660. The fourth-order valence-corrected chi connectivity index (χ4v) is 4.57. The molecule has 0 spiro atoms. The van der Waals surface area contributed by atoms with E-state index in [1.807, 2.05) is 0 Å². The third kappa shape index (κ3) is 3.79. The van der Waals surface area contributed by atoms with Crippen molar-refractivity contribution in [3.05, 3.63) is 17.7 Å². The number of likely N-dealkylation sites (tertiary alicyclic amines) is 1. The van der Waals surface area contributed by atoms with Crippen LogP contribution in [0.1, 0.15) is 19.4 Å². The summed E-state index contributed by atoms with van der Waals surface area (Å²) in [6.07, 6.45) is 0. The lowest BCUT2D eigenvalue weighted by Crippen LogP contribution is -2.40. The number of ether oxygens (including phenoxy) is 2. The lowest BCUT2D eigenvalue weighted by atomic mass is 10.1. The van der Waals surface area contributed by atoms with Crippen molar-refractivity contribution in [2.45, 2.75) is 31.7 Å². The fourth-order valence-electron chi connectivity index (χ4n) is 2.99. The SMILES string of the molecule is CCN1C[C@H](C)[C@H](NS(=O)(=O)c2cc(OC)c(OC)cc2C)C1. The molecule has 1 aromatic carbocycles. The molecule has 1 heterocycles. The van der Waals surface area contributed by atoms with Crippen LogP contribution in [0.2, 0.25) is 0 Å². The summed E-state index contributed by atoms with van der Waals surface area (Å²) in [6.45, 7) is 8.50. The zero-order chi connectivity index (χ0) is 17.2. The molecule has 0 radical (unpaired) electrons. The Labute approximate surface area is 138 Å². The first-order chi connectivity index (χ1) is 10.8. The molecular weight excluding hydrogens is 316 g/mol. The van der Waals surface area contributed by atoms with E-state index in [9.17, 15) is 8.42 Å². The highest BCUT2D eigenvalue weighted by molar-refractivity contribution is 7.89. The van der Waals surface area contributed by atoms with Gasteiger partial charge in [0.15, 0.2) is 11.5 Å². The third-order valence-electron chi connectivity index (χ3n) is 4.41. The van der Waals surface area contributed by atoms with Crippen LogP contribution in [-0.4, -0.2) is 53.2 Å². The monoisotopic (exact) mass is 342 g/mol. The van der Waals surface area contributed by atoms with Gasteiger partial charge in [-0.05, 0) is 31.0 Å². The second-order valence-corrected chi connectivity index (χ2v) is 7.71. The zero-order valence-corrected chi connectivity index (χ0v) is 15.2. The summed E-state index contributed by atoms with van der Waals surface area (Å²) in [6, 6.07) is 3.13. The van der Waals surface area contributed by atoms with Crippen molar-refractivity contribution < 1.29 is 17.9 Å². The number of hydrogen-bond acceptors (Lipinski definition) is 5.